The third-order valence-corrected chi connectivity index (χ3v) is 4.15. The summed E-state index contributed by atoms with van der Waals surface area (Å²) in [5.74, 6) is 0.848. The van der Waals surface area contributed by atoms with Crippen LogP contribution in [0, 0.1) is 5.92 Å². The molecular formula is C15H21ClN2O3. The largest absolute Gasteiger partial charge is 0.495 e. The molecule has 0 aromatic heterocycles. The maximum Gasteiger partial charge on any atom is 0.321 e. The summed E-state index contributed by atoms with van der Waals surface area (Å²) in [7, 11) is 1.55. The normalized spacial score (nSPS) is 17.4. The van der Waals surface area contributed by atoms with Crippen LogP contribution < -0.4 is 10.1 Å². The lowest BCUT2D eigenvalue weighted by Crippen LogP contribution is -2.42. The second-order valence-corrected chi connectivity index (χ2v) is 5.78. The molecule has 1 aliphatic rings. The number of aliphatic hydroxyl groups excluding tert-OH is 1. The van der Waals surface area contributed by atoms with E-state index >= 15 is 0 Å². The summed E-state index contributed by atoms with van der Waals surface area (Å²) in [6.45, 7) is 3.09. The molecule has 1 fully saturated rings. The number of likely N-dealkylation sites (tertiary alicyclic amines) is 1. The van der Waals surface area contributed by atoms with Crippen LogP contribution in [-0.2, 0) is 0 Å². The van der Waals surface area contributed by atoms with Crippen LogP contribution in [0.5, 0.6) is 5.75 Å². The highest BCUT2D eigenvalue weighted by molar-refractivity contribution is 6.31. The summed E-state index contributed by atoms with van der Waals surface area (Å²) in [5.41, 5.74) is 0.563. The second kappa shape index (κ2) is 7.00. The molecule has 0 saturated carbocycles. The number of aliphatic hydroxyl groups is 1. The second-order valence-electron chi connectivity index (χ2n) is 5.34. The maximum absolute atomic E-state index is 12.3. The minimum absolute atomic E-state index is 0.167. The Kier molecular flexibility index (Phi) is 5.31. The Bertz CT molecular complexity index is 500. The van der Waals surface area contributed by atoms with E-state index in [-0.39, 0.29) is 18.1 Å². The number of carbonyl (C=O) groups is 1. The van der Waals surface area contributed by atoms with Crippen molar-refractivity contribution in [1.82, 2.24) is 4.90 Å². The summed E-state index contributed by atoms with van der Waals surface area (Å²) >= 11 is 5.95. The molecule has 1 aromatic carbocycles. The van der Waals surface area contributed by atoms with Gasteiger partial charge in [0.2, 0.25) is 0 Å². The predicted molar refractivity (Wildman–Crippen MR) is 83.0 cm³/mol. The first-order chi connectivity index (χ1) is 10.0. The van der Waals surface area contributed by atoms with Gasteiger partial charge in [0.15, 0.2) is 0 Å². The summed E-state index contributed by atoms with van der Waals surface area (Å²) in [6.07, 6.45) is 1.32. The lowest BCUT2D eigenvalue weighted by molar-refractivity contribution is 0.0820. The van der Waals surface area contributed by atoms with Crippen LogP contribution in [0.15, 0.2) is 18.2 Å². The van der Waals surface area contributed by atoms with E-state index in [1.807, 2.05) is 0 Å². The number of carbonyl (C=O) groups excluding carboxylic acids is 1. The van der Waals surface area contributed by atoms with Crippen LogP contribution in [0.4, 0.5) is 10.5 Å². The molecule has 1 atom stereocenters. The van der Waals surface area contributed by atoms with Gasteiger partial charge in [-0.25, -0.2) is 4.79 Å². The SMILES string of the molecule is COc1ccc(Cl)cc1NC(=O)N1CCC([C@@H](C)O)CC1. The maximum atomic E-state index is 12.3. The number of anilines is 1. The fourth-order valence-corrected chi connectivity index (χ4v) is 2.73. The monoisotopic (exact) mass is 312 g/mol. The molecule has 2 N–H and O–H groups in total. The number of methoxy groups -OCH3 is 1. The topological polar surface area (TPSA) is 61.8 Å². The third kappa shape index (κ3) is 4.02. The molecular weight excluding hydrogens is 292 g/mol. The van der Waals surface area contributed by atoms with Gasteiger partial charge in [0.25, 0.3) is 0 Å². The third-order valence-electron chi connectivity index (χ3n) is 3.91. The van der Waals surface area contributed by atoms with Gasteiger partial charge in [-0.15, -0.1) is 0 Å². The van der Waals surface area contributed by atoms with E-state index in [4.69, 9.17) is 16.3 Å². The van der Waals surface area contributed by atoms with E-state index < -0.39 is 0 Å². The molecule has 0 bridgehead atoms. The van der Waals surface area contributed by atoms with E-state index in [9.17, 15) is 9.90 Å². The van der Waals surface area contributed by atoms with Gasteiger partial charge in [0.1, 0.15) is 5.75 Å². The van der Waals surface area contributed by atoms with Crippen molar-refractivity contribution in [1.29, 1.82) is 0 Å². The molecule has 21 heavy (non-hydrogen) atoms. The van der Waals surface area contributed by atoms with Crippen molar-refractivity contribution < 1.29 is 14.6 Å². The van der Waals surface area contributed by atoms with Crippen LogP contribution in [-0.4, -0.2) is 42.3 Å². The van der Waals surface area contributed by atoms with E-state index in [1.165, 1.54) is 0 Å². The van der Waals surface area contributed by atoms with E-state index in [1.54, 1.807) is 37.1 Å². The number of benzene rings is 1. The number of piperidine rings is 1. The smallest absolute Gasteiger partial charge is 0.321 e. The first-order valence-corrected chi connectivity index (χ1v) is 7.46. The number of rotatable bonds is 3. The fraction of sp³-hybridized carbons (Fsp3) is 0.533. The summed E-state index contributed by atoms with van der Waals surface area (Å²) in [4.78, 5) is 14.0. The predicted octanol–water partition coefficient (Wildman–Crippen LogP) is 2.97. The molecule has 0 spiro atoms. The molecule has 0 unspecified atom stereocenters. The van der Waals surface area contributed by atoms with Gasteiger partial charge in [0.05, 0.1) is 18.9 Å². The number of nitrogens with zero attached hydrogens (tertiary/aromatic N) is 1. The van der Waals surface area contributed by atoms with E-state index in [0.29, 0.717) is 29.5 Å². The average Bonchev–Trinajstić information content (AvgIpc) is 2.47. The molecule has 2 rings (SSSR count). The number of halogens is 1. The molecule has 6 heteroatoms. The molecule has 2 amide bonds. The fourth-order valence-electron chi connectivity index (χ4n) is 2.56. The summed E-state index contributed by atoms with van der Waals surface area (Å²) in [6, 6.07) is 4.93. The van der Waals surface area contributed by atoms with Crippen LogP contribution in [0.2, 0.25) is 5.02 Å². The molecule has 5 nitrogen and oxygen atoms in total. The zero-order chi connectivity index (χ0) is 15.4. The average molecular weight is 313 g/mol. The Balaban J connectivity index is 1.98. The van der Waals surface area contributed by atoms with Gasteiger partial charge in [0, 0.05) is 18.1 Å². The van der Waals surface area contributed by atoms with Gasteiger partial charge < -0.3 is 20.1 Å². The van der Waals surface area contributed by atoms with Crippen molar-refractivity contribution in [2.45, 2.75) is 25.9 Å². The number of nitrogens with one attached hydrogen (secondary N) is 1. The van der Waals surface area contributed by atoms with Crippen LogP contribution >= 0.6 is 11.6 Å². The summed E-state index contributed by atoms with van der Waals surface area (Å²) in [5, 5.41) is 13.0. The number of hydrogen-bond acceptors (Lipinski definition) is 3. The van der Waals surface area contributed by atoms with Gasteiger partial charge in [-0.05, 0) is 43.9 Å². The lowest BCUT2D eigenvalue weighted by Gasteiger charge is -2.33. The molecule has 1 aromatic rings. The molecule has 1 heterocycles. The number of hydrogen-bond donors (Lipinski definition) is 2. The highest BCUT2D eigenvalue weighted by Crippen LogP contribution is 2.28. The van der Waals surface area contributed by atoms with Crippen LogP contribution in [0.3, 0.4) is 0 Å². The zero-order valence-electron chi connectivity index (χ0n) is 12.3. The molecule has 0 aliphatic carbocycles. The minimum Gasteiger partial charge on any atom is -0.495 e. The number of amides is 2. The first kappa shape index (κ1) is 15.9. The Hall–Kier alpha value is -1.46. The van der Waals surface area contributed by atoms with Crippen molar-refractivity contribution in [2.75, 3.05) is 25.5 Å². The first-order valence-electron chi connectivity index (χ1n) is 7.08. The number of ether oxygens (including phenoxy) is 1. The quantitative estimate of drug-likeness (QED) is 0.902. The Labute approximate surface area is 129 Å². The highest BCUT2D eigenvalue weighted by Gasteiger charge is 2.25. The zero-order valence-corrected chi connectivity index (χ0v) is 13.1. The standard InChI is InChI=1S/C15H21ClN2O3/c1-10(19)11-5-7-18(8-6-11)15(20)17-13-9-12(16)3-4-14(13)21-2/h3-4,9-11,19H,5-8H2,1-2H3,(H,17,20)/t10-/m1/s1. The van der Waals surface area contributed by atoms with Crippen LogP contribution in [0.1, 0.15) is 19.8 Å². The molecule has 1 aliphatic heterocycles. The van der Waals surface area contributed by atoms with E-state index in [0.717, 1.165) is 12.8 Å². The minimum atomic E-state index is -0.316. The van der Waals surface area contributed by atoms with Crippen LogP contribution in [0.25, 0.3) is 0 Å². The van der Waals surface area contributed by atoms with Crippen molar-refractivity contribution in [3.8, 4) is 5.75 Å². The van der Waals surface area contributed by atoms with Crippen molar-refractivity contribution in [2.24, 2.45) is 5.92 Å². The Morgan fingerprint density at radius 3 is 2.71 bits per heavy atom. The molecule has 0 radical (unpaired) electrons. The van der Waals surface area contributed by atoms with Gasteiger partial charge in [-0.1, -0.05) is 11.6 Å². The van der Waals surface area contributed by atoms with Gasteiger partial charge in [-0.2, -0.15) is 0 Å². The van der Waals surface area contributed by atoms with Crippen molar-refractivity contribution >= 4 is 23.3 Å². The Morgan fingerprint density at radius 2 is 2.14 bits per heavy atom. The van der Waals surface area contributed by atoms with Crippen molar-refractivity contribution in [3.63, 3.8) is 0 Å². The molecule has 116 valence electrons. The van der Waals surface area contributed by atoms with Gasteiger partial charge in [-0.3, -0.25) is 0 Å². The van der Waals surface area contributed by atoms with E-state index in [2.05, 4.69) is 5.32 Å². The highest BCUT2D eigenvalue weighted by atomic mass is 35.5. The lowest BCUT2D eigenvalue weighted by atomic mass is 9.92. The summed E-state index contributed by atoms with van der Waals surface area (Å²) < 4.78 is 5.21. The number of urea groups is 1. The van der Waals surface area contributed by atoms with Crippen molar-refractivity contribution in [3.05, 3.63) is 23.2 Å². The van der Waals surface area contributed by atoms with Gasteiger partial charge >= 0.3 is 6.03 Å². The molecule has 1 saturated heterocycles. The Morgan fingerprint density at radius 1 is 1.48 bits per heavy atom.